The van der Waals surface area contributed by atoms with Gasteiger partial charge >= 0.3 is 0 Å². The molecule has 0 spiro atoms. The summed E-state index contributed by atoms with van der Waals surface area (Å²) in [7, 11) is 0. The Hall–Kier alpha value is -3.63. The zero-order valence-corrected chi connectivity index (χ0v) is 17.8. The SMILES string of the molecule is C=CCCc1ccc2c(F)c(C#Cc3ccc(-c4ccc(CC)cc4)cc3)ccc2c1. The molecule has 152 valence electrons. The first-order valence-electron chi connectivity index (χ1n) is 10.7. The van der Waals surface area contributed by atoms with Crippen LogP contribution in [0, 0.1) is 17.7 Å². The van der Waals surface area contributed by atoms with Gasteiger partial charge in [-0.05, 0) is 65.1 Å². The van der Waals surface area contributed by atoms with Crippen molar-refractivity contribution in [2.75, 3.05) is 0 Å². The fourth-order valence-corrected chi connectivity index (χ4v) is 3.68. The number of hydrogen-bond acceptors (Lipinski definition) is 0. The molecule has 0 aliphatic rings. The van der Waals surface area contributed by atoms with E-state index < -0.39 is 0 Å². The Kier molecular flexibility index (Phi) is 6.29. The molecule has 0 N–H and O–H groups in total. The minimum atomic E-state index is -0.257. The zero-order chi connectivity index (χ0) is 21.6. The molecule has 0 fully saturated rings. The fraction of sp³-hybridized carbons (Fsp3) is 0.133. The van der Waals surface area contributed by atoms with Crippen molar-refractivity contribution < 1.29 is 4.39 Å². The van der Waals surface area contributed by atoms with Gasteiger partial charge in [0.1, 0.15) is 5.82 Å². The molecule has 0 aliphatic heterocycles. The molecular weight excluding hydrogens is 379 g/mol. The molecule has 0 aliphatic carbocycles. The molecule has 4 aromatic carbocycles. The van der Waals surface area contributed by atoms with E-state index >= 15 is 0 Å². The van der Waals surface area contributed by atoms with Gasteiger partial charge in [-0.3, -0.25) is 0 Å². The van der Waals surface area contributed by atoms with Crippen LogP contribution in [0.4, 0.5) is 4.39 Å². The number of aryl methyl sites for hydroxylation is 2. The van der Waals surface area contributed by atoms with Crippen LogP contribution in [0.1, 0.15) is 35.6 Å². The second-order valence-corrected chi connectivity index (χ2v) is 7.69. The lowest BCUT2D eigenvalue weighted by Crippen LogP contribution is -1.89. The second kappa shape index (κ2) is 9.45. The summed E-state index contributed by atoms with van der Waals surface area (Å²) >= 11 is 0. The summed E-state index contributed by atoms with van der Waals surface area (Å²) < 4.78 is 15.0. The fourth-order valence-electron chi connectivity index (χ4n) is 3.68. The highest BCUT2D eigenvalue weighted by molar-refractivity contribution is 5.85. The lowest BCUT2D eigenvalue weighted by Gasteiger charge is -2.05. The molecule has 0 radical (unpaired) electrons. The van der Waals surface area contributed by atoms with E-state index in [2.05, 4.69) is 61.7 Å². The van der Waals surface area contributed by atoms with Gasteiger partial charge < -0.3 is 0 Å². The molecule has 0 atom stereocenters. The summed E-state index contributed by atoms with van der Waals surface area (Å²) in [6, 6.07) is 26.3. The van der Waals surface area contributed by atoms with Gasteiger partial charge in [0.25, 0.3) is 0 Å². The van der Waals surface area contributed by atoms with Crippen LogP contribution < -0.4 is 0 Å². The van der Waals surface area contributed by atoms with Crippen LogP contribution >= 0.6 is 0 Å². The number of halogens is 1. The molecule has 1 heteroatoms. The quantitative estimate of drug-likeness (QED) is 0.236. The normalized spacial score (nSPS) is 10.5. The van der Waals surface area contributed by atoms with Gasteiger partial charge in [-0.1, -0.05) is 85.5 Å². The maximum atomic E-state index is 15.0. The predicted octanol–water partition coefficient (Wildman–Crippen LogP) is 7.73. The highest BCUT2D eigenvalue weighted by atomic mass is 19.1. The summed E-state index contributed by atoms with van der Waals surface area (Å²) in [6.07, 6.45) is 4.77. The lowest BCUT2D eigenvalue weighted by molar-refractivity contribution is 0.636. The Bertz CT molecular complexity index is 1270. The van der Waals surface area contributed by atoms with E-state index in [1.54, 1.807) is 6.07 Å². The molecule has 0 aromatic heterocycles. The number of fused-ring (bicyclic) bond motifs is 1. The van der Waals surface area contributed by atoms with Crippen LogP contribution in [0.2, 0.25) is 0 Å². The molecule has 31 heavy (non-hydrogen) atoms. The van der Waals surface area contributed by atoms with Crippen molar-refractivity contribution in [3.63, 3.8) is 0 Å². The van der Waals surface area contributed by atoms with Crippen molar-refractivity contribution in [2.24, 2.45) is 0 Å². The minimum absolute atomic E-state index is 0.257. The first-order chi connectivity index (χ1) is 15.2. The van der Waals surface area contributed by atoms with E-state index in [4.69, 9.17) is 0 Å². The Morgan fingerprint density at radius 1 is 0.806 bits per heavy atom. The number of allylic oxidation sites excluding steroid dienone is 1. The topological polar surface area (TPSA) is 0 Å². The Labute approximate surface area is 184 Å². The third kappa shape index (κ3) is 4.76. The first kappa shape index (κ1) is 20.6. The smallest absolute Gasteiger partial charge is 0.146 e. The van der Waals surface area contributed by atoms with Gasteiger partial charge in [-0.25, -0.2) is 4.39 Å². The van der Waals surface area contributed by atoms with E-state index in [-0.39, 0.29) is 5.82 Å². The maximum absolute atomic E-state index is 15.0. The Balaban J connectivity index is 1.56. The number of hydrogen-bond donors (Lipinski definition) is 0. The largest absolute Gasteiger partial charge is 0.205 e. The van der Waals surface area contributed by atoms with Crippen LogP contribution in [-0.4, -0.2) is 0 Å². The van der Waals surface area contributed by atoms with E-state index in [9.17, 15) is 4.39 Å². The molecule has 0 saturated heterocycles. The third-order valence-corrected chi connectivity index (χ3v) is 5.58. The molecule has 0 nitrogen and oxygen atoms in total. The molecule has 4 rings (SSSR count). The van der Waals surface area contributed by atoms with Crippen molar-refractivity contribution in [3.05, 3.63) is 120 Å². The van der Waals surface area contributed by atoms with E-state index in [0.717, 1.165) is 35.8 Å². The monoisotopic (exact) mass is 404 g/mol. The van der Waals surface area contributed by atoms with E-state index in [0.29, 0.717) is 10.9 Å². The van der Waals surface area contributed by atoms with Crippen molar-refractivity contribution in [1.82, 2.24) is 0 Å². The average molecular weight is 405 g/mol. The molecule has 0 heterocycles. The van der Waals surface area contributed by atoms with Crippen molar-refractivity contribution >= 4 is 10.8 Å². The van der Waals surface area contributed by atoms with Crippen LogP contribution in [0.5, 0.6) is 0 Å². The summed E-state index contributed by atoms with van der Waals surface area (Å²) in [5.74, 6) is 5.85. The zero-order valence-electron chi connectivity index (χ0n) is 17.8. The van der Waals surface area contributed by atoms with Crippen molar-refractivity contribution in [3.8, 4) is 23.0 Å². The minimum Gasteiger partial charge on any atom is -0.205 e. The van der Waals surface area contributed by atoms with E-state index in [1.807, 2.05) is 42.5 Å². The van der Waals surface area contributed by atoms with Gasteiger partial charge in [-0.15, -0.1) is 6.58 Å². The summed E-state index contributed by atoms with van der Waals surface area (Å²) in [5, 5.41) is 1.52. The third-order valence-electron chi connectivity index (χ3n) is 5.58. The van der Waals surface area contributed by atoms with Gasteiger partial charge in [0.15, 0.2) is 0 Å². The molecule has 4 aromatic rings. The van der Waals surface area contributed by atoms with Gasteiger partial charge in [0, 0.05) is 10.9 Å². The summed E-state index contributed by atoms with van der Waals surface area (Å²) in [6.45, 7) is 5.92. The van der Waals surface area contributed by atoms with Crippen LogP contribution in [-0.2, 0) is 12.8 Å². The Morgan fingerprint density at radius 3 is 2.16 bits per heavy atom. The number of rotatable bonds is 5. The molecule has 0 saturated carbocycles. The first-order valence-corrected chi connectivity index (χ1v) is 10.7. The van der Waals surface area contributed by atoms with Gasteiger partial charge in [0.05, 0.1) is 5.56 Å². The lowest BCUT2D eigenvalue weighted by atomic mass is 10.0. The standard InChI is InChI=1S/C30H25F/c1-3-5-6-24-12-20-29-28(21-24)19-18-27(30(29)31)17-11-23-9-15-26(16-10-23)25-13-7-22(4-2)8-14-25/h3,7-10,12-16,18-21H,1,4-6H2,2H3. The Morgan fingerprint density at radius 2 is 1.48 bits per heavy atom. The average Bonchev–Trinajstić information content (AvgIpc) is 2.82. The molecule has 0 bridgehead atoms. The van der Waals surface area contributed by atoms with Crippen LogP contribution in [0.3, 0.4) is 0 Å². The maximum Gasteiger partial charge on any atom is 0.146 e. The highest BCUT2D eigenvalue weighted by Gasteiger charge is 2.06. The predicted molar refractivity (Wildman–Crippen MR) is 130 cm³/mol. The van der Waals surface area contributed by atoms with Crippen LogP contribution in [0.15, 0.2) is 91.5 Å². The molecule has 0 amide bonds. The molecular formula is C30H25F. The summed E-state index contributed by atoms with van der Waals surface area (Å²) in [5.41, 5.74) is 6.15. The van der Waals surface area contributed by atoms with Gasteiger partial charge in [0.2, 0.25) is 0 Å². The highest BCUT2D eigenvalue weighted by Crippen LogP contribution is 2.23. The van der Waals surface area contributed by atoms with Gasteiger partial charge in [-0.2, -0.15) is 0 Å². The summed E-state index contributed by atoms with van der Waals surface area (Å²) in [4.78, 5) is 0. The van der Waals surface area contributed by atoms with Crippen molar-refractivity contribution in [2.45, 2.75) is 26.2 Å². The van der Waals surface area contributed by atoms with E-state index in [1.165, 1.54) is 16.7 Å². The molecule has 0 unspecified atom stereocenters. The number of benzene rings is 4. The van der Waals surface area contributed by atoms with Crippen LogP contribution in [0.25, 0.3) is 21.9 Å². The van der Waals surface area contributed by atoms with Crippen molar-refractivity contribution in [1.29, 1.82) is 0 Å². The second-order valence-electron chi connectivity index (χ2n) is 7.69.